The van der Waals surface area contributed by atoms with E-state index in [1.54, 1.807) is 0 Å². The molecule has 9 aromatic rings. The number of hydrogen-bond acceptors (Lipinski definition) is 1. The van der Waals surface area contributed by atoms with Gasteiger partial charge in [0.15, 0.2) is 0 Å². The van der Waals surface area contributed by atoms with Gasteiger partial charge in [-0.15, -0.1) is 0 Å². The second-order valence-electron chi connectivity index (χ2n) is 14.6. The minimum Gasteiger partial charge on any atom is -0.252 e. The van der Waals surface area contributed by atoms with Gasteiger partial charge in [0, 0.05) is 5.92 Å². The van der Waals surface area contributed by atoms with Gasteiger partial charge in [-0.3, -0.25) is 4.99 Å². The van der Waals surface area contributed by atoms with Crippen molar-refractivity contribution < 1.29 is 0 Å². The summed E-state index contributed by atoms with van der Waals surface area (Å²) in [6, 6.07) is 66.4. The molecule has 11 rings (SSSR count). The molecule has 0 fully saturated rings. The van der Waals surface area contributed by atoms with Crippen molar-refractivity contribution in [3.8, 4) is 33.4 Å². The van der Waals surface area contributed by atoms with E-state index < -0.39 is 0 Å². The van der Waals surface area contributed by atoms with Crippen molar-refractivity contribution in [1.82, 2.24) is 0 Å². The third kappa shape index (κ3) is 5.12. The highest BCUT2D eigenvalue weighted by atomic mass is 14.8. The molecule has 9 aromatic carbocycles. The van der Waals surface area contributed by atoms with E-state index in [2.05, 4.69) is 206 Å². The van der Waals surface area contributed by atoms with Crippen molar-refractivity contribution in [3.63, 3.8) is 0 Å². The van der Waals surface area contributed by atoms with Gasteiger partial charge < -0.3 is 0 Å². The second-order valence-corrected chi connectivity index (χ2v) is 14.6. The van der Waals surface area contributed by atoms with Crippen molar-refractivity contribution in [2.75, 3.05) is 0 Å². The van der Waals surface area contributed by atoms with E-state index in [0.717, 1.165) is 17.0 Å². The average molecular weight is 698 g/mol. The number of fused-ring (bicyclic) bond motifs is 5. The Kier molecular flexibility index (Phi) is 7.31. The molecule has 1 heterocycles. The third-order valence-corrected chi connectivity index (χ3v) is 11.5. The fraction of sp³-hybridized carbons (Fsp3) is 0.0185. The largest absolute Gasteiger partial charge is 0.252 e. The van der Waals surface area contributed by atoms with Crippen LogP contribution in [0, 0.1) is 5.92 Å². The average Bonchev–Trinajstić information content (AvgIpc) is 3.69. The van der Waals surface area contributed by atoms with Crippen LogP contribution in [0.25, 0.3) is 87.7 Å². The van der Waals surface area contributed by atoms with Crippen molar-refractivity contribution in [2.24, 2.45) is 10.9 Å². The van der Waals surface area contributed by atoms with E-state index in [4.69, 9.17) is 4.99 Å². The van der Waals surface area contributed by atoms with E-state index in [1.165, 1.54) is 87.6 Å². The Hall–Kier alpha value is -7.09. The zero-order valence-corrected chi connectivity index (χ0v) is 30.2. The number of rotatable bonds is 5. The molecule has 55 heavy (non-hydrogen) atoms. The molecule has 0 aromatic heterocycles. The van der Waals surface area contributed by atoms with E-state index >= 15 is 0 Å². The van der Waals surface area contributed by atoms with Gasteiger partial charge in [-0.05, 0) is 105 Å². The summed E-state index contributed by atoms with van der Waals surface area (Å²) in [4.78, 5) is 5.08. The third-order valence-electron chi connectivity index (χ3n) is 11.5. The van der Waals surface area contributed by atoms with Crippen molar-refractivity contribution in [3.05, 3.63) is 217 Å². The normalized spacial score (nSPS) is 15.0. The van der Waals surface area contributed by atoms with Crippen molar-refractivity contribution in [1.29, 1.82) is 0 Å². The Morgan fingerprint density at radius 1 is 0.291 bits per heavy atom. The lowest BCUT2D eigenvalue weighted by Gasteiger charge is -2.22. The van der Waals surface area contributed by atoms with Crippen LogP contribution in [0.3, 0.4) is 0 Å². The maximum Gasteiger partial charge on any atom is 0.0675 e. The van der Waals surface area contributed by atoms with Gasteiger partial charge in [0.1, 0.15) is 0 Å². The zero-order chi connectivity index (χ0) is 36.3. The van der Waals surface area contributed by atoms with Crippen LogP contribution < -0.4 is 0 Å². The van der Waals surface area contributed by atoms with Crippen LogP contribution in [0.15, 0.2) is 211 Å². The van der Waals surface area contributed by atoms with E-state index in [0.29, 0.717) is 0 Å². The Balaban J connectivity index is 1.09. The molecular formula is C54H35N. The minimum absolute atomic E-state index is 0.184. The summed E-state index contributed by atoms with van der Waals surface area (Å²) in [5.41, 5.74) is 13.3. The Bertz CT molecular complexity index is 2990. The van der Waals surface area contributed by atoms with E-state index in [-0.39, 0.29) is 5.92 Å². The Morgan fingerprint density at radius 3 is 1.11 bits per heavy atom. The Morgan fingerprint density at radius 2 is 0.655 bits per heavy atom. The SMILES string of the molecule is C1=CC2=NC(c3ccc(-c4c5ccccc5c(-c5c6ccccc6c(-c6ccccc6)c6ccccc56)c5ccccc45)cc3)=CC2C=C1c1ccccc1. The summed E-state index contributed by atoms with van der Waals surface area (Å²) in [5, 5.41) is 10.1. The molecule has 0 radical (unpaired) electrons. The molecule has 1 unspecified atom stereocenters. The van der Waals surface area contributed by atoms with Gasteiger partial charge >= 0.3 is 0 Å². The number of aliphatic imine (C=N–C) groups is 1. The van der Waals surface area contributed by atoms with Gasteiger partial charge in [-0.25, -0.2) is 0 Å². The highest BCUT2D eigenvalue weighted by Gasteiger charge is 2.24. The van der Waals surface area contributed by atoms with Crippen LogP contribution in [0.5, 0.6) is 0 Å². The maximum atomic E-state index is 5.08. The summed E-state index contributed by atoms with van der Waals surface area (Å²) >= 11 is 0. The summed E-state index contributed by atoms with van der Waals surface area (Å²) < 4.78 is 0. The lowest BCUT2D eigenvalue weighted by atomic mass is 9.81. The van der Waals surface area contributed by atoms with Crippen LogP contribution in [-0.2, 0) is 0 Å². The van der Waals surface area contributed by atoms with E-state index in [1.807, 2.05) is 0 Å². The van der Waals surface area contributed by atoms with Crippen LogP contribution in [0.1, 0.15) is 11.1 Å². The number of nitrogens with zero attached hydrogens (tertiary/aromatic N) is 1. The predicted molar refractivity (Wildman–Crippen MR) is 235 cm³/mol. The van der Waals surface area contributed by atoms with Gasteiger partial charge in [0.2, 0.25) is 0 Å². The molecule has 2 aliphatic rings. The topological polar surface area (TPSA) is 12.4 Å². The molecule has 0 spiro atoms. The van der Waals surface area contributed by atoms with Crippen molar-refractivity contribution >= 4 is 60.1 Å². The second kappa shape index (κ2) is 12.8. The zero-order valence-electron chi connectivity index (χ0n) is 30.2. The maximum absolute atomic E-state index is 5.08. The molecule has 1 atom stereocenters. The fourth-order valence-corrected chi connectivity index (χ4v) is 9.03. The summed E-state index contributed by atoms with van der Waals surface area (Å²) in [6.45, 7) is 0. The molecule has 0 bridgehead atoms. The van der Waals surface area contributed by atoms with Crippen molar-refractivity contribution in [2.45, 2.75) is 0 Å². The first kappa shape index (κ1) is 31.4. The first-order valence-corrected chi connectivity index (χ1v) is 19.1. The van der Waals surface area contributed by atoms with Crippen LogP contribution in [-0.4, -0.2) is 5.71 Å². The highest BCUT2D eigenvalue weighted by Crippen LogP contribution is 2.50. The number of hydrogen-bond donors (Lipinski definition) is 0. The molecule has 0 amide bonds. The lowest BCUT2D eigenvalue weighted by Crippen LogP contribution is -2.07. The van der Waals surface area contributed by atoms with Gasteiger partial charge in [-0.2, -0.15) is 0 Å². The van der Waals surface area contributed by atoms with Gasteiger partial charge in [0.05, 0.1) is 11.4 Å². The van der Waals surface area contributed by atoms with E-state index in [9.17, 15) is 0 Å². The molecule has 1 heteroatoms. The molecular weight excluding hydrogens is 663 g/mol. The summed E-state index contributed by atoms with van der Waals surface area (Å²) in [7, 11) is 0. The number of benzene rings is 9. The fourth-order valence-electron chi connectivity index (χ4n) is 9.03. The first-order chi connectivity index (χ1) is 27.3. The van der Waals surface area contributed by atoms with Gasteiger partial charge in [0.25, 0.3) is 0 Å². The lowest BCUT2D eigenvalue weighted by molar-refractivity contribution is 1.17. The summed E-state index contributed by atoms with van der Waals surface area (Å²) in [6.07, 6.45) is 8.99. The van der Waals surface area contributed by atoms with Crippen LogP contribution >= 0.6 is 0 Å². The molecule has 0 saturated heterocycles. The Labute approximate surface area is 320 Å². The first-order valence-electron chi connectivity index (χ1n) is 19.1. The minimum atomic E-state index is 0.184. The predicted octanol–water partition coefficient (Wildman–Crippen LogP) is 14.4. The highest BCUT2D eigenvalue weighted by molar-refractivity contribution is 6.30. The molecule has 0 N–H and O–H groups in total. The van der Waals surface area contributed by atoms with Crippen LogP contribution in [0.4, 0.5) is 0 Å². The quantitative estimate of drug-likeness (QED) is 0.159. The summed E-state index contributed by atoms with van der Waals surface area (Å²) in [5.74, 6) is 0.184. The van der Waals surface area contributed by atoms with Gasteiger partial charge in [-0.1, -0.05) is 194 Å². The number of allylic oxidation sites excluding steroid dienone is 5. The molecule has 1 aliphatic heterocycles. The standard InChI is InChI=1S/C54H35N/c1-3-15-35(16-4-1)39-31-32-49-40(33-39)34-50(55-49)36-27-29-38(30-28-36)52-43-21-9-13-25-47(43)54(48-26-14-10-22-44(48)52)53-45-23-11-7-19-41(45)51(37-17-5-2-6-18-37)42-20-8-12-24-46(42)53/h1-34,40H. The molecule has 1 aliphatic carbocycles. The molecule has 1 nitrogen and oxygen atoms in total. The smallest absolute Gasteiger partial charge is 0.0675 e. The molecule has 0 saturated carbocycles. The van der Waals surface area contributed by atoms with Crippen LogP contribution in [0.2, 0.25) is 0 Å². The monoisotopic (exact) mass is 697 g/mol. The molecule has 256 valence electrons.